The molecule has 3 rings (SSSR count). The number of nitrogens with zero attached hydrogens (tertiary/aromatic N) is 1. The minimum atomic E-state index is -0.107. The average molecular weight is 331 g/mol. The highest BCUT2D eigenvalue weighted by molar-refractivity contribution is 5.75. The molecule has 4 nitrogen and oxygen atoms in total. The summed E-state index contributed by atoms with van der Waals surface area (Å²) in [4.78, 5) is 15.2. The van der Waals surface area contributed by atoms with Crippen LogP contribution in [0.1, 0.15) is 51.3 Å². The van der Waals surface area contributed by atoms with Crippen molar-refractivity contribution in [1.82, 2.24) is 4.98 Å². The highest BCUT2D eigenvalue weighted by atomic mass is 19.1. The zero-order chi connectivity index (χ0) is 17.2. The second-order valence-electron chi connectivity index (χ2n) is 7.21. The fraction of sp³-hybridized carbons (Fsp3) is 0.474. The molecule has 0 radical (unpaired) electrons. The van der Waals surface area contributed by atoms with Gasteiger partial charge in [-0.2, -0.15) is 0 Å². The predicted molar refractivity (Wildman–Crippen MR) is 89.7 cm³/mol. The van der Waals surface area contributed by atoms with Crippen LogP contribution in [0, 0.1) is 5.41 Å². The van der Waals surface area contributed by atoms with Gasteiger partial charge in [0.05, 0.1) is 11.9 Å². The molecular weight excluding hydrogens is 309 g/mol. The summed E-state index contributed by atoms with van der Waals surface area (Å²) in [6, 6.07) is 5.31. The molecule has 0 atom stereocenters. The summed E-state index contributed by atoms with van der Waals surface area (Å²) in [7, 11) is 0. The van der Waals surface area contributed by atoms with Gasteiger partial charge in [0.2, 0.25) is 0 Å². The zero-order valence-electron chi connectivity index (χ0n) is 14.0. The maximum atomic E-state index is 12.4. The molecule has 0 aliphatic heterocycles. The first-order valence-electron chi connectivity index (χ1n) is 8.28. The van der Waals surface area contributed by atoms with Crippen molar-refractivity contribution in [3.63, 3.8) is 0 Å². The maximum Gasteiger partial charge on any atom is 0.198 e. The molecule has 0 bridgehead atoms. The number of carbonyl (C=O) groups excluding carboxylic acids is 1. The predicted octanol–water partition coefficient (Wildman–Crippen LogP) is 4.94. The fourth-order valence-corrected chi connectivity index (χ4v) is 3.09. The van der Waals surface area contributed by atoms with Crippen LogP contribution < -0.4 is 4.74 Å². The van der Waals surface area contributed by atoms with E-state index in [1.54, 1.807) is 12.1 Å². The van der Waals surface area contributed by atoms with Crippen molar-refractivity contribution in [2.75, 3.05) is 6.61 Å². The lowest BCUT2D eigenvalue weighted by molar-refractivity contribution is -0.105. The number of benzene rings is 1. The molecule has 0 saturated heterocycles. The number of carbonyl (C=O) groups is 1. The van der Waals surface area contributed by atoms with Crippen LogP contribution in [0.4, 0.5) is 4.39 Å². The minimum absolute atomic E-state index is 0.0434. The van der Waals surface area contributed by atoms with Gasteiger partial charge < -0.3 is 9.15 Å². The summed E-state index contributed by atoms with van der Waals surface area (Å²) in [6.07, 6.45) is 5.22. The molecule has 1 heterocycles. The molecule has 0 N–H and O–H groups in total. The molecular formula is C19H22FNO3. The lowest BCUT2D eigenvalue weighted by Crippen LogP contribution is -2.20. The molecule has 1 aromatic heterocycles. The highest BCUT2D eigenvalue weighted by Crippen LogP contribution is 2.42. The van der Waals surface area contributed by atoms with E-state index in [1.807, 2.05) is 6.07 Å². The van der Waals surface area contributed by atoms with Crippen molar-refractivity contribution in [3.05, 3.63) is 36.0 Å². The van der Waals surface area contributed by atoms with E-state index >= 15 is 0 Å². The smallest absolute Gasteiger partial charge is 0.198 e. The van der Waals surface area contributed by atoms with Crippen LogP contribution in [0.2, 0.25) is 0 Å². The van der Waals surface area contributed by atoms with Gasteiger partial charge in [-0.25, -0.2) is 9.37 Å². The van der Waals surface area contributed by atoms with Crippen LogP contribution in [0.3, 0.4) is 0 Å². The van der Waals surface area contributed by atoms with Gasteiger partial charge in [0.25, 0.3) is 0 Å². The van der Waals surface area contributed by atoms with Crippen LogP contribution in [0.5, 0.6) is 5.75 Å². The normalized spacial score (nSPS) is 18.7. The summed E-state index contributed by atoms with van der Waals surface area (Å²) >= 11 is 0. The van der Waals surface area contributed by atoms with Crippen molar-refractivity contribution >= 4 is 17.4 Å². The molecule has 1 aliphatic carbocycles. The van der Waals surface area contributed by atoms with Crippen LogP contribution in [-0.4, -0.2) is 17.9 Å². The third kappa shape index (κ3) is 3.66. The fourth-order valence-electron chi connectivity index (χ4n) is 3.09. The monoisotopic (exact) mass is 331 g/mol. The standard InChI is InChI=1S/C19H22FNO3/c1-19(2)7-5-14(6-8-19)18-21-16-4-3-15(9-17(16)24-18)23-12-13(10-20)11-22/h3-4,9-11,14H,5-8,12H2,1-2H3/b13-10-. The second-order valence-corrected chi connectivity index (χ2v) is 7.21. The Morgan fingerprint density at radius 2 is 2.17 bits per heavy atom. The maximum absolute atomic E-state index is 12.4. The molecule has 5 heteroatoms. The first-order valence-corrected chi connectivity index (χ1v) is 8.28. The molecule has 1 fully saturated rings. The summed E-state index contributed by atoms with van der Waals surface area (Å²) in [6.45, 7) is 4.50. The number of hydrogen-bond acceptors (Lipinski definition) is 4. The molecule has 128 valence electrons. The molecule has 24 heavy (non-hydrogen) atoms. The van der Waals surface area contributed by atoms with E-state index in [-0.39, 0.29) is 18.5 Å². The van der Waals surface area contributed by atoms with Crippen molar-refractivity contribution in [1.29, 1.82) is 0 Å². The van der Waals surface area contributed by atoms with E-state index in [4.69, 9.17) is 9.15 Å². The Morgan fingerprint density at radius 3 is 2.83 bits per heavy atom. The van der Waals surface area contributed by atoms with E-state index in [2.05, 4.69) is 18.8 Å². The van der Waals surface area contributed by atoms with E-state index in [1.165, 1.54) is 12.8 Å². The Bertz CT molecular complexity index is 753. The Morgan fingerprint density at radius 1 is 1.42 bits per heavy atom. The summed E-state index contributed by atoms with van der Waals surface area (Å²) in [5.74, 6) is 1.68. The zero-order valence-corrected chi connectivity index (χ0v) is 14.0. The van der Waals surface area contributed by atoms with Crippen molar-refractivity contribution < 1.29 is 18.3 Å². The van der Waals surface area contributed by atoms with Crippen LogP contribution in [0.15, 0.2) is 34.5 Å². The van der Waals surface area contributed by atoms with E-state index in [0.29, 0.717) is 29.0 Å². The van der Waals surface area contributed by atoms with Gasteiger partial charge in [0, 0.05) is 12.0 Å². The van der Waals surface area contributed by atoms with Gasteiger partial charge in [0.15, 0.2) is 17.8 Å². The quantitative estimate of drug-likeness (QED) is 0.575. The first kappa shape index (κ1) is 16.7. The summed E-state index contributed by atoms with van der Waals surface area (Å²) in [5.41, 5.74) is 1.81. The van der Waals surface area contributed by atoms with E-state index in [0.717, 1.165) is 24.2 Å². The number of ether oxygens (including phenoxy) is 1. The Balaban J connectivity index is 1.73. The van der Waals surface area contributed by atoms with Gasteiger partial charge in [-0.1, -0.05) is 13.8 Å². The lowest BCUT2D eigenvalue weighted by Gasteiger charge is -2.32. The van der Waals surface area contributed by atoms with Gasteiger partial charge in [0.1, 0.15) is 17.9 Å². The van der Waals surface area contributed by atoms with Crippen molar-refractivity contribution in [2.24, 2.45) is 5.41 Å². The molecule has 0 spiro atoms. The van der Waals surface area contributed by atoms with Gasteiger partial charge >= 0.3 is 0 Å². The van der Waals surface area contributed by atoms with E-state index < -0.39 is 0 Å². The molecule has 1 aliphatic rings. The second kappa shape index (κ2) is 6.75. The molecule has 1 aromatic carbocycles. The Labute approximate surface area is 140 Å². The van der Waals surface area contributed by atoms with E-state index in [9.17, 15) is 9.18 Å². The third-order valence-corrected chi connectivity index (χ3v) is 4.76. The lowest BCUT2D eigenvalue weighted by atomic mass is 9.73. The van der Waals surface area contributed by atoms with Crippen LogP contribution >= 0.6 is 0 Å². The Kier molecular flexibility index (Phi) is 4.69. The molecule has 1 saturated carbocycles. The summed E-state index contributed by atoms with van der Waals surface area (Å²) < 4.78 is 23.7. The Hall–Kier alpha value is -2.17. The number of rotatable bonds is 5. The topological polar surface area (TPSA) is 52.3 Å². The van der Waals surface area contributed by atoms with Crippen molar-refractivity contribution in [2.45, 2.75) is 45.4 Å². The minimum Gasteiger partial charge on any atom is -0.489 e. The number of aldehydes is 1. The molecule has 2 aromatic rings. The van der Waals surface area contributed by atoms with Gasteiger partial charge in [-0.3, -0.25) is 4.79 Å². The SMILES string of the molecule is CC1(C)CCC(c2nc3ccc(OC/C(C=O)=C\F)cc3o2)CC1. The number of fused-ring (bicyclic) bond motifs is 1. The van der Waals surface area contributed by atoms with Crippen LogP contribution in [-0.2, 0) is 4.79 Å². The average Bonchev–Trinajstić information content (AvgIpc) is 2.99. The number of hydrogen-bond donors (Lipinski definition) is 0. The summed E-state index contributed by atoms with van der Waals surface area (Å²) in [5, 5.41) is 0. The van der Waals surface area contributed by atoms with Gasteiger partial charge in [-0.15, -0.1) is 0 Å². The number of oxazole rings is 1. The first-order chi connectivity index (χ1) is 11.5. The highest BCUT2D eigenvalue weighted by Gasteiger charge is 2.30. The number of halogens is 1. The van der Waals surface area contributed by atoms with Crippen LogP contribution in [0.25, 0.3) is 11.1 Å². The third-order valence-electron chi connectivity index (χ3n) is 4.76. The largest absolute Gasteiger partial charge is 0.489 e. The molecule has 0 unspecified atom stereocenters. The van der Waals surface area contributed by atoms with Crippen molar-refractivity contribution in [3.8, 4) is 5.75 Å². The van der Waals surface area contributed by atoms with Gasteiger partial charge in [-0.05, 0) is 43.2 Å². The molecule has 0 amide bonds. The number of aromatic nitrogens is 1.